The van der Waals surface area contributed by atoms with Gasteiger partial charge in [-0.3, -0.25) is 0 Å². The monoisotopic (exact) mass is 269 g/mol. The lowest BCUT2D eigenvalue weighted by molar-refractivity contribution is 0.134. The Balaban J connectivity index is 2.01. The van der Waals surface area contributed by atoms with Crippen molar-refractivity contribution in [3.63, 3.8) is 0 Å². The molecule has 1 unspecified atom stereocenters. The van der Waals surface area contributed by atoms with Crippen LogP contribution in [0.2, 0.25) is 0 Å². The Morgan fingerprint density at radius 2 is 1.90 bits per heavy atom. The summed E-state index contributed by atoms with van der Waals surface area (Å²) < 4.78 is 11.0. The molecule has 1 aliphatic rings. The molecular formula is C17H19NO2. The number of hydrogen-bond donors (Lipinski definition) is 1. The molecule has 3 heteroatoms. The van der Waals surface area contributed by atoms with Crippen LogP contribution in [0.1, 0.15) is 28.3 Å². The zero-order valence-corrected chi connectivity index (χ0v) is 11.8. The molecule has 2 aromatic rings. The lowest BCUT2D eigenvalue weighted by Gasteiger charge is -2.20. The van der Waals surface area contributed by atoms with Gasteiger partial charge in [0.2, 0.25) is 0 Å². The van der Waals surface area contributed by atoms with Gasteiger partial charge in [-0.15, -0.1) is 0 Å². The van der Waals surface area contributed by atoms with Gasteiger partial charge in [0, 0.05) is 5.56 Å². The van der Waals surface area contributed by atoms with Crippen LogP contribution >= 0.6 is 0 Å². The maximum Gasteiger partial charge on any atom is 0.123 e. The van der Waals surface area contributed by atoms with Crippen LogP contribution < -0.4 is 10.1 Å². The summed E-state index contributed by atoms with van der Waals surface area (Å²) >= 11 is 0. The van der Waals surface area contributed by atoms with Crippen LogP contribution in [0, 0.1) is 0 Å². The van der Waals surface area contributed by atoms with E-state index in [0.29, 0.717) is 6.61 Å². The third kappa shape index (κ3) is 2.30. The molecule has 0 saturated heterocycles. The standard InChI is InChI=1S/C17H19NO2/c1-18-17(15-5-3-4-6-16(15)19-2)12-7-8-13-10-20-11-14(13)9-12/h3-9,17-18H,10-11H2,1-2H3. The number of hydrogen-bond acceptors (Lipinski definition) is 3. The molecule has 0 fully saturated rings. The van der Waals surface area contributed by atoms with Gasteiger partial charge in [-0.05, 0) is 29.8 Å². The SMILES string of the molecule is CNC(c1ccc2c(c1)COC2)c1ccccc1OC. The van der Waals surface area contributed by atoms with Crippen molar-refractivity contribution >= 4 is 0 Å². The van der Waals surface area contributed by atoms with Crippen molar-refractivity contribution in [2.45, 2.75) is 19.3 Å². The van der Waals surface area contributed by atoms with Gasteiger partial charge in [-0.25, -0.2) is 0 Å². The first kappa shape index (κ1) is 13.2. The molecule has 3 nitrogen and oxygen atoms in total. The number of fused-ring (bicyclic) bond motifs is 1. The Morgan fingerprint density at radius 1 is 1.10 bits per heavy atom. The first-order valence-electron chi connectivity index (χ1n) is 6.83. The molecule has 0 spiro atoms. The van der Waals surface area contributed by atoms with Crippen LogP contribution in [0.15, 0.2) is 42.5 Å². The number of rotatable bonds is 4. The molecule has 1 aliphatic heterocycles. The quantitative estimate of drug-likeness (QED) is 0.925. The highest BCUT2D eigenvalue weighted by Crippen LogP contribution is 2.31. The molecule has 0 bridgehead atoms. The van der Waals surface area contributed by atoms with Crippen molar-refractivity contribution in [1.29, 1.82) is 0 Å². The Kier molecular flexibility index (Phi) is 3.72. The lowest BCUT2D eigenvalue weighted by atomic mass is 9.95. The van der Waals surface area contributed by atoms with E-state index < -0.39 is 0 Å². The predicted octanol–water partition coefficient (Wildman–Crippen LogP) is 3.03. The van der Waals surface area contributed by atoms with Crippen LogP contribution in [0.25, 0.3) is 0 Å². The summed E-state index contributed by atoms with van der Waals surface area (Å²) in [4.78, 5) is 0. The van der Waals surface area contributed by atoms with E-state index in [4.69, 9.17) is 9.47 Å². The van der Waals surface area contributed by atoms with Gasteiger partial charge >= 0.3 is 0 Å². The molecule has 1 atom stereocenters. The third-order valence-electron chi connectivity index (χ3n) is 3.82. The number of nitrogens with one attached hydrogen (secondary N) is 1. The average Bonchev–Trinajstić information content (AvgIpc) is 2.96. The summed E-state index contributed by atoms with van der Waals surface area (Å²) in [6, 6.07) is 14.8. The highest BCUT2D eigenvalue weighted by Gasteiger charge is 2.19. The fourth-order valence-electron chi connectivity index (χ4n) is 2.78. The third-order valence-corrected chi connectivity index (χ3v) is 3.82. The second-order valence-electron chi connectivity index (χ2n) is 4.98. The molecule has 0 amide bonds. The van der Waals surface area contributed by atoms with Gasteiger partial charge in [0.1, 0.15) is 5.75 Å². The maximum atomic E-state index is 5.49. The van der Waals surface area contributed by atoms with Gasteiger partial charge in [0.05, 0.1) is 26.4 Å². The van der Waals surface area contributed by atoms with Crippen LogP contribution in [-0.2, 0) is 18.0 Å². The summed E-state index contributed by atoms with van der Waals surface area (Å²) in [6.45, 7) is 1.44. The molecule has 3 rings (SSSR count). The van der Waals surface area contributed by atoms with Crippen molar-refractivity contribution in [1.82, 2.24) is 5.32 Å². The minimum absolute atomic E-state index is 0.122. The van der Waals surface area contributed by atoms with Crippen molar-refractivity contribution in [3.8, 4) is 5.75 Å². The fourth-order valence-corrected chi connectivity index (χ4v) is 2.78. The van der Waals surface area contributed by atoms with Crippen molar-refractivity contribution in [2.24, 2.45) is 0 Å². The average molecular weight is 269 g/mol. The van der Waals surface area contributed by atoms with Crippen LogP contribution in [0.4, 0.5) is 0 Å². The first-order chi connectivity index (χ1) is 9.83. The molecule has 1 N–H and O–H groups in total. The van der Waals surface area contributed by atoms with E-state index in [1.54, 1.807) is 7.11 Å². The van der Waals surface area contributed by atoms with Crippen LogP contribution in [-0.4, -0.2) is 14.2 Å². The Labute approximate surface area is 119 Å². The van der Waals surface area contributed by atoms with E-state index in [1.165, 1.54) is 16.7 Å². The van der Waals surface area contributed by atoms with Gasteiger partial charge in [0.25, 0.3) is 0 Å². The Bertz CT molecular complexity index is 610. The summed E-state index contributed by atoms with van der Waals surface area (Å²) in [5.74, 6) is 0.906. The van der Waals surface area contributed by atoms with E-state index in [0.717, 1.165) is 17.9 Å². The lowest BCUT2D eigenvalue weighted by Crippen LogP contribution is -2.18. The number of methoxy groups -OCH3 is 1. The van der Waals surface area contributed by atoms with Crippen molar-refractivity contribution in [2.75, 3.05) is 14.2 Å². The maximum absolute atomic E-state index is 5.49. The summed E-state index contributed by atoms with van der Waals surface area (Å²) in [5, 5.41) is 3.38. The first-order valence-corrected chi connectivity index (χ1v) is 6.83. The molecule has 1 heterocycles. The predicted molar refractivity (Wildman–Crippen MR) is 78.8 cm³/mol. The number of ether oxygens (including phenoxy) is 2. The molecule has 0 saturated carbocycles. The Hall–Kier alpha value is -1.84. The smallest absolute Gasteiger partial charge is 0.123 e. The highest BCUT2D eigenvalue weighted by atomic mass is 16.5. The van der Waals surface area contributed by atoms with E-state index in [-0.39, 0.29) is 6.04 Å². The van der Waals surface area contributed by atoms with Crippen molar-refractivity contribution < 1.29 is 9.47 Å². The summed E-state index contributed by atoms with van der Waals surface area (Å²) in [5.41, 5.74) is 4.97. The van der Waals surface area contributed by atoms with Gasteiger partial charge in [-0.2, -0.15) is 0 Å². The second kappa shape index (κ2) is 5.65. The van der Waals surface area contributed by atoms with E-state index >= 15 is 0 Å². The zero-order chi connectivity index (χ0) is 13.9. The molecule has 0 aliphatic carbocycles. The Morgan fingerprint density at radius 3 is 2.70 bits per heavy atom. The number of para-hydroxylation sites is 1. The highest BCUT2D eigenvalue weighted by molar-refractivity contribution is 5.44. The molecule has 0 radical (unpaired) electrons. The van der Waals surface area contributed by atoms with E-state index in [9.17, 15) is 0 Å². The van der Waals surface area contributed by atoms with Gasteiger partial charge in [-0.1, -0.05) is 36.4 Å². The van der Waals surface area contributed by atoms with E-state index in [2.05, 4.69) is 29.6 Å². The van der Waals surface area contributed by atoms with Crippen LogP contribution in [0.5, 0.6) is 5.75 Å². The molecule has 104 valence electrons. The molecule has 0 aromatic heterocycles. The minimum atomic E-state index is 0.122. The zero-order valence-electron chi connectivity index (χ0n) is 11.8. The topological polar surface area (TPSA) is 30.5 Å². The fraction of sp³-hybridized carbons (Fsp3) is 0.294. The summed E-state index contributed by atoms with van der Waals surface area (Å²) in [7, 11) is 3.68. The van der Waals surface area contributed by atoms with Crippen LogP contribution in [0.3, 0.4) is 0 Å². The van der Waals surface area contributed by atoms with Gasteiger partial charge in [0.15, 0.2) is 0 Å². The molecule has 2 aromatic carbocycles. The minimum Gasteiger partial charge on any atom is -0.496 e. The van der Waals surface area contributed by atoms with E-state index in [1.807, 2.05) is 25.2 Å². The summed E-state index contributed by atoms with van der Waals surface area (Å²) in [6.07, 6.45) is 0. The van der Waals surface area contributed by atoms with Gasteiger partial charge < -0.3 is 14.8 Å². The molecule has 20 heavy (non-hydrogen) atoms. The second-order valence-corrected chi connectivity index (χ2v) is 4.98. The molecular weight excluding hydrogens is 250 g/mol. The largest absolute Gasteiger partial charge is 0.496 e. The number of benzene rings is 2. The normalized spacial score (nSPS) is 14.9. The van der Waals surface area contributed by atoms with Crippen molar-refractivity contribution in [3.05, 3.63) is 64.7 Å².